The van der Waals surface area contributed by atoms with Crippen molar-refractivity contribution >= 4 is 24.0 Å². The second-order valence-electron chi connectivity index (χ2n) is 2.51. The van der Waals surface area contributed by atoms with Gasteiger partial charge in [-0.15, -0.1) is 24.0 Å². The molecular formula is C8H8N2S2. The number of H-pyrrole nitrogens is 1. The number of hydrogen-bond donors (Lipinski definition) is 2. The average molecular weight is 196 g/mol. The number of thiol groups is 1. The van der Waals surface area contributed by atoms with Gasteiger partial charge in [-0.2, -0.15) is 0 Å². The van der Waals surface area contributed by atoms with Crippen LogP contribution in [0, 0.1) is 6.92 Å². The Labute approximate surface area is 80.1 Å². The average Bonchev–Trinajstić information content (AvgIpc) is 2.61. The Balaban J connectivity index is 2.48. The van der Waals surface area contributed by atoms with Gasteiger partial charge in [0.1, 0.15) is 5.01 Å². The van der Waals surface area contributed by atoms with Crippen LogP contribution in [0.3, 0.4) is 0 Å². The molecule has 0 saturated heterocycles. The molecule has 2 rings (SSSR count). The van der Waals surface area contributed by atoms with Gasteiger partial charge in [-0.25, -0.2) is 4.98 Å². The smallest absolute Gasteiger partial charge is 0.126 e. The van der Waals surface area contributed by atoms with E-state index < -0.39 is 0 Å². The van der Waals surface area contributed by atoms with E-state index >= 15 is 0 Å². The summed E-state index contributed by atoms with van der Waals surface area (Å²) >= 11 is 5.90. The van der Waals surface area contributed by atoms with E-state index in [1.54, 1.807) is 11.3 Å². The molecule has 0 spiro atoms. The zero-order valence-corrected chi connectivity index (χ0v) is 8.25. The van der Waals surface area contributed by atoms with E-state index in [-0.39, 0.29) is 0 Å². The topological polar surface area (TPSA) is 28.7 Å². The number of nitrogens with zero attached hydrogens (tertiary/aromatic N) is 1. The summed E-state index contributed by atoms with van der Waals surface area (Å²) in [5, 5.41) is 1.03. The number of aromatic amines is 1. The Kier molecular flexibility index (Phi) is 1.94. The van der Waals surface area contributed by atoms with Gasteiger partial charge in [-0.3, -0.25) is 0 Å². The molecule has 0 atom stereocenters. The van der Waals surface area contributed by atoms with Crippen LogP contribution in [-0.4, -0.2) is 9.97 Å². The molecule has 0 unspecified atom stereocenters. The van der Waals surface area contributed by atoms with E-state index in [0.29, 0.717) is 0 Å². The molecule has 0 aliphatic heterocycles. The third-order valence-corrected chi connectivity index (χ3v) is 3.22. The molecule has 0 fully saturated rings. The molecule has 1 N–H and O–H groups in total. The molecule has 2 aromatic heterocycles. The highest BCUT2D eigenvalue weighted by Gasteiger charge is 2.05. The van der Waals surface area contributed by atoms with E-state index in [1.807, 2.05) is 25.4 Å². The van der Waals surface area contributed by atoms with Crippen molar-refractivity contribution in [1.29, 1.82) is 0 Å². The van der Waals surface area contributed by atoms with Crippen molar-refractivity contribution in [3.63, 3.8) is 0 Å². The Morgan fingerprint density at radius 3 is 2.92 bits per heavy atom. The van der Waals surface area contributed by atoms with Crippen molar-refractivity contribution in [3.8, 4) is 10.6 Å². The fourth-order valence-corrected chi connectivity index (χ4v) is 2.08. The van der Waals surface area contributed by atoms with Crippen molar-refractivity contribution in [1.82, 2.24) is 9.97 Å². The minimum Gasteiger partial charge on any atom is -0.367 e. The number of rotatable bonds is 1. The summed E-state index contributed by atoms with van der Waals surface area (Å²) in [6.07, 6.45) is 3.83. The summed E-state index contributed by atoms with van der Waals surface area (Å²) in [6.45, 7) is 1.97. The van der Waals surface area contributed by atoms with Crippen LogP contribution in [-0.2, 0) is 0 Å². The molecule has 0 aromatic carbocycles. The van der Waals surface area contributed by atoms with Crippen LogP contribution in [0.5, 0.6) is 0 Å². The molecule has 0 bridgehead atoms. The number of nitrogens with one attached hydrogen (secondary N) is 1. The maximum absolute atomic E-state index is 4.37. The van der Waals surface area contributed by atoms with E-state index in [4.69, 9.17) is 0 Å². The van der Waals surface area contributed by atoms with Gasteiger partial charge < -0.3 is 4.98 Å². The summed E-state index contributed by atoms with van der Waals surface area (Å²) in [5.41, 5.74) is 2.13. The van der Waals surface area contributed by atoms with Crippen molar-refractivity contribution in [2.75, 3.05) is 0 Å². The highest BCUT2D eigenvalue weighted by molar-refractivity contribution is 7.83. The van der Waals surface area contributed by atoms with Crippen LogP contribution < -0.4 is 0 Å². The lowest BCUT2D eigenvalue weighted by molar-refractivity contribution is 1.21. The van der Waals surface area contributed by atoms with Gasteiger partial charge >= 0.3 is 0 Å². The fourth-order valence-electron chi connectivity index (χ4n) is 0.969. The van der Waals surface area contributed by atoms with E-state index in [2.05, 4.69) is 22.6 Å². The lowest BCUT2D eigenvalue weighted by atomic mass is 10.4. The molecule has 2 heterocycles. The maximum atomic E-state index is 4.37. The Morgan fingerprint density at radius 2 is 2.42 bits per heavy atom. The van der Waals surface area contributed by atoms with E-state index in [9.17, 15) is 0 Å². The quantitative estimate of drug-likeness (QED) is 0.675. The molecule has 2 nitrogen and oxygen atoms in total. The molecule has 0 radical (unpaired) electrons. The predicted molar refractivity (Wildman–Crippen MR) is 53.9 cm³/mol. The van der Waals surface area contributed by atoms with E-state index in [0.717, 1.165) is 20.5 Å². The van der Waals surface area contributed by atoms with Crippen molar-refractivity contribution in [2.45, 2.75) is 11.1 Å². The molecular weight excluding hydrogens is 188 g/mol. The van der Waals surface area contributed by atoms with E-state index in [1.165, 1.54) is 0 Å². The van der Waals surface area contributed by atoms with Gasteiger partial charge in [-0.1, -0.05) is 0 Å². The summed E-state index contributed by atoms with van der Waals surface area (Å²) in [6, 6.07) is 2.01. The first kappa shape index (κ1) is 7.89. The van der Waals surface area contributed by atoms with Crippen LogP contribution in [0.1, 0.15) is 5.69 Å². The maximum Gasteiger partial charge on any atom is 0.126 e. The molecule has 2 aromatic rings. The summed E-state index contributed by atoms with van der Waals surface area (Å²) < 4.78 is 0.992. The van der Waals surface area contributed by atoms with Crippen molar-refractivity contribution in [3.05, 3.63) is 24.2 Å². The Hall–Kier alpha value is -0.740. The number of aryl methyl sites for hydroxylation is 1. The van der Waals surface area contributed by atoms with Gasteiger partial charge in [0.15, 0.2) is 0 Å². The second-order valence-corrected chi connectivity index (χ2v) is 4.26. The molecule has 62 valence electrons. The van der Waals surface area contributed by atoms with Gasteiger partial charge in [0.05, 0.1) is 9.90 Å². The second kappa shape index (κ2) is 2.95. The lowest BCUT2D eigenvalue weighted by Crippen LogP contribution is -1.72. The monoisotopic (exact) mass is 196 g/mol. The normalized spacial score (nSPS) is 10.5. The SMILES string of the molecule is Cc1nc(-c2cc[nH]c2)sc1S. The summed E-state index contributed by atoms with van der Waals surface area (Å²) in [7, 11) is 0. The first-order valence-electron chi connectivity index (χ1n) is 3.57. The molecule has 0 aliphatic carbocycles. The predicted octanol–water partition coefficient (Wildman–Crippen LogP) is 2.74. The highest BCUT2D eigenvalue weighted by Crippen LogP contribution is 2.29. The molecule has 0 saturated carbocycles. The van der Waals surface area contributed by atoms with Crippen LogP contribution >= 0.6 is 24.0 Å². The Morgan fingerprint density at radius 1 is 1.58 bits per heavy atom. The van der Waals surface area contributed by atoms with Crippen LogP contribution in [0.2, 0.25) is 0 Å². The van der Waals surface area contributed by atoms with Crippen LogP contribution in [0.15, 0.2) is 22.7 Å². The van der Waals surface area contributed by atoms with Crippen molar-refractivity contribution in [2.24, 2.45) is 0 Å². The number of aromatic nitrogens is 2. The summed E-state index contributed by atoms with van der Waals surface area (Å²) in [4.78, 5) is 7.37. The minimum absolute atomic E-state index is 0.992. The minimum atomic E-state index is 0.992. The fraction of sp³-hybridized carbons (Fsp3) is 0.125. The van der Waals surface area contributed by atoms with Crippen LogP contribution in [0.4, 0.5) is 0 Å². The Bertz CT molecular complexity index is 356. The molecule has 4 heteroatoms. The third-order valence-electron chi connectivity index (χ3n) is 1.62. The zero-order valence-electron chi connectivity index (χ0n) is 6.53. The number of hydrogen-bond acceptors (Lipinski definition) is 3. The first-order valence-corrected chi connectivity index (χ1v) is 4.83. The standard InChI is InChI=1S/C8H8N2S2/c1-5-8(11)12-7(10-5)6-2-3-9-4-6/h2-4,9,11H,1H3. The van der Waals surface area contributed by atoms with Gasteiger partial charge in [0.25, 0.3) is 0 Å². The molecule has 0 amide bonds. The van der Waals surface area contributed by atoms with Gasteiger partial charge in [0.2, 0.25) is 0 Å². The largest absolute Gasteiger partial charge is 0.367 e. The first-order chi connectivity index (χ1) is 5.77. The van der Waals surface area contributed by atoms with Gasteiger partial charge in [0, 0.05) is 18.0 Å². The number of thiazole rings is 1. The molecule has 12 heavy (non-hydrogen) atoms. The lowest BCUT2D eigenvalue weighted by Gasteiger charge is -1.84. The highest BCUT2D eigenvalue weighted by atomic mass is 32.2. The zero-order chi connectivity index (χ0) is 8.55. The molecule has 0 aliphatic rings. The van der Waals surface area contributed by atoms with Crippen LogP contribution in [0.25, 0.3) is 10.6 Å². The van der Waals surface area contributed by atoms with Crippen molar-refractivity contribution < 1.29 is 0 Å². The van der Waals surface area contributed by atoms with Gasteiger partial charge in [-0.05, 0) is 13.0 Å². The summed E-state index contributed by atoms with van der Waals surface area (Å²) in [5.74, 6) is 0. The third kappa shape index (κ3) is 1.28.